The molecule has 4 nitrogen and oxygen atoms in total. The van der Waals surface area contributed by atoms with Gasteiger partial charge in [-0.3, -0.25) is 0 Å². The van der Waals surface area contributed by atoms with Crippen molar-refractivity contribution in [3.8, 4) is 11.9 Å². The summed E-state index contributed by atoms with van der Waals surface area (Å²) in [6, 6.07) is 17.2. The third kappa shape index (κ3) is 4.08. The maximum atomic E-state index is 9.71. The van der Waals surface area contributed by atoms with Gasteiger partial charge in [0.15, 0.2) is 0 Å². The highest BCUT2D eigenvalue weighted by Gasteiger charge is 2.09. The predicted molar refractivity (Wildman–Crippen MR) is 75.1 cm³/mol. The molecule has 0 unspecified atom stereocenters. The van der Waals surface area contributed by atoms with Crippen LogP contribution < -0.4 is 4.74 Å². The number of ether oxygens (including phenoxy) is 1. The van der Waals surface area contributed by atoms with Crippen LogP contribution in [0, 0.1) is 11.3 Å². The van der Waals surface area contributed by atoms with Crippen LogP contribution >= 0.6 is 0 Å². The van der Waals surface area contributed by atoms with Crippen molar-refractivity contribution in [2.45, 2.75) is 18.9 Å². The van der Waals surface area contributed by atoms with Gasteiger partial charge in [0.1, 0.15) is 6.10 Å². The molecule has 1 atom stereocenters. The molecule has 0 aliphatic rings. The number of rotatable bonds is 6. The summed E-state index contributed by atoms with van der Waals surface area (Å²) in [6.07, 6.45) is -0.0359. The highest BCUT2D eigenvalue weighted by molar-refractivity contribution is 5.19. The van der Waals surface area contributed by atoms with Gasteiger partial charge in [0.2, 0.25) is 5.88 Å². The molecule has 0 radical (unpaired) electrons. The van der Waals surface area contributed by atoms with Crippen LogP contribution in [0.25, 0.3) is 0 Å². The van der Waals surface area contributed by atoms with E-state index >= 15 is 0 Å². The van der Waals surface area contributed by atoms with E-state index in [-0.39, 0.29) is 6.42 Å². The molecule has 0 amide bonds. The second kappa shape index (κ2) is 7.27. The van der Waals surface area contributed by atoms with E-state index in [1.165, 1.54) is 5.56 Å². The lowest BCUT2D eigenvalue weighted by Crippen LogP contribution is -2.05. The number of nitriles is 1. The van der Waals surface area contributed by atoms with Crippen molar-refractivity contribution in [3.63, 3.8) is 0 Å². The van der Waals surface area contributed by atoms with Crippen LogP contribution in [0.1, 0.15) is 23.8 Å². The zero-order valence-corrected chi connectivity index (χ0v) is 11.1. The molecule has 0 spiro atoms. The van der Waals surface area contributed by atoms with E-state index in [2.05, 4.69) is 4.98 Å². The summed E-state index contributed by atoms with van der Waals surface area (Å²) < 4.78 is 5.57. The van der Waals surface area contributed by atoms with E-state index in [4.69, 9.17) is 10.00 Å². The second-order valence-corrected chi connectivity index (χ2v) is 4.36. The first-order valence-corrected chi connectivity index (χ1v) is 6.48. The zero-order valence-electron chi connectivity index (χ0n) is 11.1. The summed E-state index contributed by atoms with van der Waals surface area (Å²) in [5.41, 5.74) is 1.66. The molecule has 102 valence electrons. The van der Waals surface area contributed by atoms with E-state index in [1.54, 1.807) is 18.2 Å². The molecule has 1 heterocycles. The first kappa shape index (κ1) is 14.0. The zero-order chi connectivity index (χ0) is 14.2. The van der Waals surface area contributed by atoms with Crippen LogP contribution in [0.15, 0.2) is 48.5 Å². The summed E-state index contributed by atoms with van der Waals surface area (Å²) in [6.45, 7) is 0.523. The summed E-state index contributed by atoms with van der Waals surface area (Å²) >= 11 is 0. The number of aromatic nitrogens is 1. The quantitative estimate of drug-likeness (QED) is 0.874. The molecule has 2 rings (SSSR count). The van der Waals surface area contributed by atoms with Crippen molar-refractivity contribution in [2.75, 3.05) is 6.61 Å². The molecule has 0 fully saturated rings. The van der Waals surface area contributed by atoms with Gasteiger partial charge in [-0.2, -0.15) is 5.26 Å². The SMILES string of the molecule is N#CC[C@@H](O)c1cccc(OCCc2ccccc2)n1. The summed E-state index contributed by atoms with van der Waals surface area (Å²) in [7, 11) is 0. The van der Waals surface area contributed by atoms with Gasteiger partial charge < -0.3 is 9.84 Å². The van der Waals surface area contributed by atoms with Crippen molar-refractivity contribution in [3.05, 3.63) is 59.8 Å². The van der Waals surface area contributed by atoms with Gasteiger partial charge in [-0.25, -0.2) is 4.98 Å². The Kier molecular flexibility index (Phi) is 5.10. The average Bonchev–Trinajstić information content (AvgIpc) is 2.49. The van der Waals surface area contributed by atoms with Gasteiger partial charge in [0.05, 0.1) is 24.8 Å². The van der Waals surface area contributed by atoms with Crippen LogP contribution in [0.3, 0.4) is 0 Å². The van der Waals surface area contributed by atoms with Crippen molar-refractivity contribution < 1.29 is 9.84 Å². The van der Waals surface area contributed by atoms with E-state index in [0.717, 1.165) is 6.42 Å². The Morgan fingerprint density at radius 2 is 1.95 bits per heavy atom. The van der Waals surface area contributed by atoms with E-state index in [1.807, 2.05) is 36.4 Å². The van der Waals surface area contributed by atoms with Crippen molar-refractivity contribution in [1.82, 2.24) is 4.98 Å². The maximum Gasteiger partial charge on any atom is 0.213 e. The second-order valence-electron chi connectivity index (χ2n) is 4.36. The molecule has 20 heavy (non-hydrogen) atoms. The Labute approximate surface area is 118 Å². The number of hydrogen-bond acceptors (Lipinski definition) is 4. The molecule has 1 aromatic carbocycles. The Morgan fingerprint density at radius 1 is 1.15 bits per heavy atom. The minimum absolute atomic E-state index is 0.0282. The molecule has 1 N–H and O–H groups in total. The van der Waals surface area contributed by atoms with Crippen molar-refractivity contribution in [1.29, 1.82) is 5.26 Å². The topological polar surface area (TPSA) is 66.1 Å². The molecule has 0 aliphatic carbocycles. The first-order chi connectivity index (χ1) is 9.79. The number of aliphatic hydroxyl groups is 1. The lowest BCUT2D eigenvalue weighted by molar-refractivity contribution is 0.176. The highest BCUT2D eigenvalue weighted by atomic mass is 16.5. The van der Waals surface area contributed by atoms with Gasteiger partial charge in [-0.15, -0.1) is 0 Å². The lowest BCUT2D eigenvalue weighted by atomic mass is 10.2. The van der Waals surface area contributed by atoms with Crippen LogP contribution in [0.2, 0.25) is 0 Å². The van der Waals surface area contributed by atoms with Gasteiger partial charge >= 0.3 is 0 Å². The van der Waals surface area contributed by atoms with Crippen molar-refractivity contribution >= 4 is 0 Å². The fourth-order valence-corrected chi connectivity index (χ4v) is 1.81. The molecule has 1 aromatic heterocycles. The van der Waals surface area contributed by atoms with Gasteiger partial charge in [0.25, 0.3) is 0 Å². The lowest BCUT2D eigenvalue weighted by Gasteiger charge is -2.09. The monoisotopic (exact) mass is 268 g/mol. The molecule has 4 heteroatoms. The van der Waals surface area contributed by atoms with Crippen LogP contribution in [-0.4, -0.2) is 16.7 Å². The van der Waals surface area contributed by atoms with Gasteiger partial charge in [-0.05, 0) is 11.6 Å². The number of aliphatic hydroxyl groups excluding tert-OH is 1. The molecular formula is C16H16N2O2. The van der Waals surface area contributed by atoms with E-state index < -0.39 is 6.10 Å². The molecule has 0 saturated carbocycles. The normalized spacial score (nSPS) is 11.6. The third-order valence-corrected chi connectivity index (χ3v) is 2.85. The number of hydrogen-bond donors (Lipinski definition) is 1. The minimum Gasteiger partial charge on any atom is -0.477 e. The summed E-state index contributed by atoms with van der Waals surface area (Å²) in [5.74, 6) is 0.468. The molecule has 0 aliphatic heterocycles. The number of nitrogens with zero attached hydrogens (tertiary/aromatic N) is 2. The minimum atomic E-state index is -0.863. The standard InChI is InChI=1S/C16H16N2O2/c17-11-9-15(19)14-7-4-8-16(18-14)20-12-10-13-5-2-1-3-6-13/h1-8,15,19H,9-10,12H2/t15-/m1/s1. The third-order valence-electron chi connectivity index (χ3n) is 2.85. The largest absolute Gasteiger partial charge is 0.477 e. The molecular weight excluding hydrogens is 252 g/mol. The van der Waals surface area contributed by atoms with Crippen molar-refractivity contribution in [2.24, 2.45) is 0 Å². The van der Waals surface area contributed by atoms with Gasteiger partial charge in [0, 0.05) is 12.5 Å². The molecule has 0 saturated heterocycles. The first-order valence-electron chi connectivity index (χ1n) is 6.48. The smallest absolute Gasteiger partial charge is 0.213 e. The van der Waals surface area contributed by atoms with Crippen LogP contribution in [-0.2, 0) is 6.42 Å². The maximum absolute atomic E-state index is 9.71. The van der Waals surface area contributed by atoms with Crippen LogP contribution in [0.4, 0.5) is 0 Å². The predicted octanol–water partition coefficient (Wildman–Crippen LogP) is 2.65. The molecule has 2 aromatic rings. The Bertz CT molecular complexity index is 579. The van der Waals surface area contributed by atoms with E-state index in [0.29, 0.717) is 18.2 Å². The Balaban J connectivity index is 1.90. The van der Waals surface area contributed by atoms with Gasteiger partial charge in [-0.1, -0.05) is 36.4 Å². The average molecular weight is 268 g/mol. The van der Waals surface area contributed by atoms with E-state index in [9.17, 15) is 5.11 Å². The van der Waals surface area contributed by atoms with Crippen LogP contribution in [0.5, 0.6) is 5.88 Å². The fourth-order valence-electron chi connectivity index (χ4n) is 1.81. The Morgan fingerprint density at radius 3 is 2.70 bits per heavy atom. The highest BCUT2D eigenvalue weighted by Crippen LogP contribution is 2.17. The number of pyridine rings is 1. The fraction of sp³-hybridized carbons (Fsp3) is 0.250. The molecule has 0 bridgehead atoms. The summed E-state index contributed by atoms with van der Waals surface area (Å²) in [4.78, 5) is 4.20. The summed E-state index contributed by atoms with van der Waals surface area (Å²) in [5, 5.41) is 18.3. The Hall–Kier alpha value is -2.38. The number of benzene rings is 1.